The van der Waals surface area contributed by atoms with Crippen LogP contribution in [0, 0.1) is 11.8 Å². The van der Waals surface area contributed by atoms with E-state index < -0.39 is 0 Å². The molecule has 0 spiro atoms. The van der Waals surface area contributed by atoms with E-state index in [1.807, 2.05) is 0 Å². The SMILES string of the molecule is O=C1CCCC2C(c3ccccc3)=C([Se]Cc3ccccc3)C12. The summed E-state index contributed by atoms with van der Waals surface area (Å²) in [5.41, 5.74) is 4.23. The first-order chi connectivity index (χ1) is 11.3. The molecule has 2 atom stereocenters. The van der Waals surface area contributed by atoms with Crippen molar-refractivity contribution in [2.75, 3.05) is 0 Å². The molecule has 0 bridgehead atoms. The van der Waals surface area contributed by atoms with E-state index >= 15 is 0 Å². The van der Waals surface area contributed by atoms with Gasteiger partial charge in [-0.3, -0.25) is 0 Å². The molecule has 1 saturated carbocycles. The Kier molecular flexibility index (Phi) is 4.20. The number of hydrogen-bond acceptors (Lipinski definition) is 1. The van der Waals surface area contributed by atoms with Crippen LogP contribution in [0.15, 0.2) is 65.1 Å². The summed E-state index contributed by atoms with van der Waals surface area (Å²) in [6, 6.07) is 21.4. The molecule has 2 aliphatic rings. The predicted molar refractivity (Wildman–Crippen MR) is 95.1 cm³/mol. The van der Waals surface area contributed by atoms with Crippen LogP contribution < -0.4 is 0 Å². The summed E-state index contributed by atoms with van der Waals surface area (Å²) in [6.07, 6.45) is 3.04. The molecule has 0 saturated heterocycles. The van der Waals surface area contributed by atoms with Crippen LogP contribution in [0.4, 0.5) is 0 Å². The molecular formula is C21H20OSe. The molecule has 0 aliphatic heterocycles. The van der Waals surface area contributed by atoms with Crippen molar-refractivity contribution >= 4 is 26.3 Å². The van der Waals surface area contributed by atoms with E-state index in [2.05, 4.69) is 60.7 Å². The second-order valence-corrected chi connectivity index (χ2v) is 8.50. The second-order valence-electron chi connectivity index (χ2n) is 6.36. The number of fused-ring (bicyclic) bond motifs is 1. The maximum absolute atomic E-state index is 12.4. The van der Waals surface area contributed by atoms with Gasteiger partial charge in [0, 0.05) is 0 Å². The average Bonchev–Trinajstić information content (AvgIpc) is 2.58. The van der Waals surface area contributed by atoms with Crippen LogP contribution in [0.5, 0.6) is 0 Å². The van der Waals surface area contributed by atoms with Crippen LogP contribution in [-0.4, -0.2) is 20.7 Å². The minimum atomic E-state index is 0.239. The van der Waals surface area contributed by atoms with Gasteiger partial charge in [-0.05, 0) is 0 Å². The summed E-state index contributed by atoms with van der Waals surface area (Å²) in [5, 5.41) is 1.09. The molecule has 0 radical (unpaired) electrons. The van der Waals surface area contributed by atoms with Gasteiger partial charge in [0.05, 0.1) is 0 Å². The molecule has 1 fully saturated rings. The van der Waals surface area contributed by atoms with Crippen molar-refractivity contribution < 1.29 is 4.79 Å². The summed E-state index contributed by atoms with van der Waals surface area (Å²) in [6.45, 7) is 0. The number of rotatable bonds is 4. The first kappa shape index (κ1) is 14.9. The van der Waals surface area contributed by atoms with Gasteiger partial charge in [-0.2, -0.15) is 0 Å². The van der Waals surface area contributed by atoms with Gasteiger partial charge in [0.2, 0.25) is 0 Å². The Morgan fingerprint density at radius 3 is 2.39 bits per heavy atom. The molecule has 0 aromatic heterocycles. The van der Waals surface area contributed by atoms with Gasteiger partial charge in [-0.15, -0.1) is 0 Å². The third-order valence-corrected chi connectivity index (χ3v) is 7.58. The zero-order valence-electron chi connectivity index (χ0n) is 13.1. The molecule has 116 valence electrons. The van der Waals surface area contributed by atoms with Crippen LogP contribution in [0.1, 0.15) is 30.4 Å². The van der Waals surface area contributed by atoms with Crippen LogP contribution in [0.3, 0.4) is 0 Å². The first-order valence-corrected chi connectivity index (χ1v) is 10.4. The van der Waals surface area contributed by atoms with Gasteiger partial charge in [0.25, 0.3) is 0 Å². The number of carbonyl (C=O) groups is 1. The fourth-order valence-corrected chi connectivity index (χ4v) is 6.78. The Labute approximate surface area is 144 Å². The van der Waals surface area contributed by atoms with Gasteiger partial charge in [-0.1, -0.05) is 0 Å². The molecule has 2 aromatic carbocycles. The van der Waals surface area contributed by atoms with Crippen molar-refractivity contribution in [1.82, 2.24) is 0 Å². The van der Waals surface area contributed by atoms with Crippen LogP contribution in [0.2, 0.25) is 0 Å². The fourth-order valence-electron chi connectivity index (χ4n) is 3.81. The molecule has 1 nitrogen and oxygen atoms in total. The molecule has 4 rings (SSSR count). The molecule has 2 unspecified atom stereocenters. The van der Waals surface area contributed by atoms with E-state index in [-0.39, 0.29) is 5.92 Å². The van der Waals surface area contributed by atoms with Crippen LogP contribution in [0.25, 0.3) is 5.57 Å². The molecule has 23 heavy (non-hydrogen) atoms. The molecule has 2 heteroatoms. The molecule has 2 aromatic rings. The number of hydrogen-bond donors (Lipinski definition) is 0. The van der Waals surface area contributed by atoms with Gasteiger partial charge in [0.1, 0.15) is 0 Å². The average molecular weight is 367 g/mol. The van der Waals surface area contributed by atoms with Crippen LogP contribution in [-0.2, 0) is 10.1 Å². The molecule has 0 N–H and O–H groups in total. The normalized spacial score (nSPS) is 23.4. The number of ketones is 1. The quantitative estimate of drug-likeness (QED) is 0.737. The Morgan fingerprint density at radius 1 is 0.957 bits per heavy atom. The summed E-state index contributed by atoms with van der Waals surface area (Å²) >= 11 is 0.376. The third-order valence-electron chi connectivity index (χ3n) is 4.93. The molecular weight excluding hydrogens is 347 g/mol. The molecule has 0 heterocycles. The van der Waals surface area contributed by atoms with Gasteiger partial charge in [0.15, 0.2) is 0 Å². The number of Topliss-reactive ketones (excluding diaryl/α,β-unsaturated/α-hetero) is 1. The molecule has 2 aliphatic carbocycles. The van der Waals surface area contributed by atoms with Crippen molar-refractivity contribution in [3.05, 3.63) is 76.3 Å². The van der Waals surface area contributed by atoms with E-state index in [0.717, 1.165) is 18.2 Å². The Hall–Kier alpha value is -1.63. The predicted octanol–water partition coefficient (Wildman–Crippen LogP) is 4.30. The summed E-state index contributed by atoms with van der Waals surface area (Å²) in [7, 11) is 0. The van der Waals surface area contributed by atoms with E-state index in [4.69, 9.17) is 0 Å². The van der Waals surface area contributed by atoms with E-state index in [1.165, 1.54) is 27.6 Å². The Balaban J connectivity index is 1.65. The summed E-state index contributed by atoms with van der Waals surface area (Å²) < 4.78 is 1.47. The van der Waals surface area contributed by atoms with Crippen molar-refractivity contribution in [2.24, 2.45) is 11.8 Å². The van der Waals surface area contributed by atoms with E-state index in [1.54, 1.807) is 0 Å². The number of benzene rings is 2. The Morgan fingerprint density at radius 2 is 1.65 bits per heavy atom. The third kappa shape index (κ3) is 2.82. The van der Waals surface area contributed by atoms with Crippen molar-refractivity contribution in [3.8, 4) is 0 Å². The number of allylic oxidation sites excluding steroid dienone is 2. The zero-order chi connectivity index (χ0) is 15.6. The van der Waals surface area contributed by atoms with E-state index in [0.29, 0.717) is 26.7 Å². The van der Waals surface area contributed by atoms with Gasteiger partial charge >= 0.3 is 144 Å². The topological polar surface area (TPSA) is 17.1 Å². The monoisotopic (exact) mass is 368 g/mol. The van der Waals surface area contributed by atoms with E-state index in [9.17, 15) is 4.79 Å². The van der Waals surface area contributed by atoms with Gasteiger partial charge < -0.3 is 0 Å². The number of carbonyl (C=O) groups excluding carboxylic acids is 1. The minimum absolute atomic E-state index is 0.239. The standard InChI is InChI=1S/C21H20OSe/c22-18-13-7-12-17-19(16-10-5-2-6-11-16)21(20(17)18)23-14-15-8-3-1-4-9-15/h1-6,8-11,17,20H,7,12-14H2. The second kappa shape index (κ2) is 6.47. The molecule has 0 amide bonds. The van der Waals surface area contributed by atoms with Crippen molar-refractivity contribution in [2.45, 2.75) is 24.6 Å². The van der Waals surface area contributed by atoms with Gasteiger partial charge in [-0.25, -0.2) is 0 Å². The van der Waals surface area contributed by atoms with Crippen molar-refractivity contribution in [1.29, 1.82) is 0 Å². The zero-order valence-corrected chi connectivity index (χ0v) is 14.8. The van der Waals surface area contributed by atoms with Crippen LogP contribution >= 0.6 is 0 Å². The summed E-state index contributed by atoms with van der Waals surface area (Å²) in [4.78, 5) is 12.4. The fraction of sp³-hybridized carbons (Fsp3) is 0.286. The maximum atomic E-state index is 12.4. The summed E-state index contributed by atoms with van der Waals surface area (Å²) in [5.74, 6) is 1.22. The Bertz CT molecular complexity index is 733. The van der Waals surface area contributed by atoms with Crippen molar-refractivity contribution in [3.63, 3.8) is 0 Å². The first-order valence-electron chi connectivity index (χ1n) is 8.33.